The van der Waals surface area contributed by atoms with Gasteiger partial charge in [-0.1, -0.05) is 30.3 Å². The van der Waals surface area contributed by atoms with Crippen molar-refractivity contribution in [2.24, 2.45) is 5.73 Å². The number of phenols is 1. The van der Waals surface area contributed by atoms with Gasteiger partial charge in [-0.3, -0.25) is 14.4 Å². The first kappa shape index (κ1) is 26.9. The van der Waals surface area contributed by atoms with Gasteiger partial charge in [0.1, 0.15) is 11.8 Å². The van der Waals surface area contributed by atoms with Crippen LogP contribution in [0.15, 0.2) is 42.5 Å². The normalized spacial score (nSPS) is 13.0. The van der Waals surface area contributed by atoms with E-state index >= 15 is 0 Å². The van der Waals surface area contributed by atoms with Gasteiger partial charge in [-0.15, -0.1) is 0 Å². The minimum atomic E-state index is -0.790. The molecule has 0 aliphatic rings. The predicted molar refractivity (Wildman–Crippen MR) is 132 cm³/mol. The van der Waals surface area contributed by atoms with Gasteiger partial charge in [0.25, 0.3) is 0 Å². The molecule has 0 aromatic heterocycles. The van der Waals surface area contributed by atoms with Crippen molar-refractivity contribution in [1.82, 2.24) is 16.0 Å². The van der Waals surface area contributed by atoms with Gasteiger partial charge in [0.2, 0.25) is 17.7 Å². The molecular weight excluding hydrogens is 432 g/mol. The number of carbonyl (C=O) groups excluding carboxylic acids is 3. The zero-order valence-corrected chi connectivity index (χ0v) is 20.6. The second-order valence-electron chi connectivity index (χ2n) is 9.40. The molecule has 3 amide bonds. The fourth-order valence-corrected chi connectivity index (χ4v) is 3.81. The predicted octanol–water partition coefficient (Wildman–Crippen LogP) is 1.64. The highest BCUT2D eigenvalue weighted by Gasteiger charge is 2.27. The number of phenolic OH excluding ortho intramolecular Hbond substituents is 1. The van der Waals surface area contributed by atoms with Crippen LogP contribution in [0, 0.1) is 13.8 Å². The van der Waals surface area contributed by atoms with Crippen molar-refractivity contribution >= 4 is 17.7 Å². The summed E-state index contributed by atoms with van der Waals surface area (Å²) in [5, 5.41) is 18.1. The van der Waals surface area contributed by atoms with Crippen molar-refractivity contribution in [3.05, 3.63) is 64.7 Å². The Bertz CT molecular complexity index is 998. The molecule has 0 saturated heterocycles. The van der Waals surface area contributed by atoms with Gasteiger partial charge in [-0.25, -0.2) is 0 Å². The van der Waals surface area contributed by atoms with E-state index in [9.17, 15) is 19.5 Å². The van der Waals surface area contributed by atoms with E-state index in [1.807, 2.05) is 44.2 Å². The van der Waals surface area contributed by atoms with E-state index in [-0.39, 0.29) is 30.0 Å². The topological polar surface area (TPSA) is 134 Å². The Balaban J connectivity index is 1.96. The van der Waals surface area contributed by atoms with Crippen LogP contribution >= 0.6 is 0 Å². The molecule has 8 heteroatoms. The fourth-order valence-electron chi connectivity index (χ4n) is 3.81. The van der Waals surface area contributed by atoms with Crippen LogP contribution in [0.3, 0.4) is 0 Å². The minimum absolute atomic E-state index is 0.159. The van der Waals surface area contributed by atoms with Gasteiger partial charge >= 0.3 is 0 Å². The lowest BCUT2D eigenvalue weighted by Crippen LogP contribution is -2.57. The van der Waals surface area contributed by atoms with Gasteiger partial charge in [0.05, 0.1) is 11.6 Å². The van der Waals surface area contributed by atoms with Crippen LogP contribution in [0.2, 0.25) is 0 Å². The van der Waals surface area contributed by atoms with E-state index < -0.39 is 17.6 Å². The van der Waals surface area contributed by atoms with E-state index in [0.717, 1.165) is 22.3 Å². The molecule has 0 bridgehead atoms. The van der Waals surface area contributed by atoms with E-state index in [2.05, 4.69) is 16.0 Å². The number of rotatable bonds is 10. The summed E-state index contributed by atoms with van der Waals surface area (Å²) in [5.41, 5.74) is 8.99. The first-order valence-electron chi connectivity index (χ1n) is 11.3. The molecule has 2 aromatic rings. The maximum absolute atomic E-state index is 12.8. The molecule has 0 heterocycles. The quantitative estimate of drug-likeness (QED) is 0.361. The number of nitrogens with two attached hydrogens (primary N) is 1. The van der Waals surface area contributed by atoms with Gasteiger partial charge < -0.3 is 26.8 Å². The smallest absolute Gasteiger partial charge is 0.243 e. The monoisotopic (exact) mass is 468 g/mol. The maximum Gasteiger partial charge on any atom is 0.243 e. The minimum Gasteiger partial charge on any atom is -0.508 e. The number of nitrogens with one attached hydrogen (secondary N) is 3. The number of hydrogen-bond acceptors (Lipinski definition) is 5. The largest absolute Gasteiger partial charge is 0.508 e. The molecule has 8 nitrogen and oxygen atoms in total. The molecule has 0 aliphatic heterocycles. The highest BCUT2D eigenvalue weighted by Crippen LogP contribution is 2.22. The van der Waals surface area contributed by atoms with E-state index in [1.54, 1.807) is 26.0 Å². The number of benzene rings is 2. The number of amides is 3. The average molecular weight is 469 g/mol. The molecule has 2 rings (SSSR count). The molecule has 184 valence electrons. The van der Waals surface area contributed by atoms with Crippen molar-refractivity contribution in [3.63, 3.8) is 0 Å². The summed E-state index contributed by atoms with van der Waals surface area (Å²) in [5.74, 6) is -0.789. The van der Waals surface area contributed by atoms with Crippen molar-refractivity contribution in [2.75, 3.05) is 6.54 Å². The molecule has 0 radical (unpaired) electrons. The summed E-state index contributed by atoms with van der Waals surface area (Å²) in [7, 11) is 0. The molecule has 0 unspecified atom stereocenters. The van der Waals surface area contributed by atoms with E-state index in [1.165, 1.54) is 6.92 Å². The first-order chi connectivity index (χ1) is 15.9. The molecule has 2 atom stereocenters. The second kappa shape index (κ2) is 11.7. The SMILES string of the molecule is CC(=O)N[C@@H](Cc1ccccc1)C(=O)NCC(C)(C)NC(=O)[C@@H](N)Cc1c(C)cc(O)cc1C. The Morgan fingerprint density at radius 1 is 1.00 bits per heavy atom. The maximum atomic E-state index is 12.8. The standard InChI is InChI=1S/C26H36N4O4/c1-16-11-20(32)12-17(2)21(16)14-22(27)24(33)30-26(4,5)15-28-25(34)23(29-18(3)31)13-19-9-7-6-8-10-19/h6-12,22-23,32H,13-15,27H2,1-5H3,(H,28,34)(H,29,31)(H,30,33)/t22-,23-/m0/s1. The van der Waals surface area contributed by atoms with Crippen LogP contribution in [0.25, 0.3) is 0 Å². The molecule has 0 spiro atoms. The molecule has 0 fully saturated rings. The fraction of sp³-hybridized carbons (Fsp3) is 0.423. The lowest BCUT2D eigenvalue weighted by Gasteiger charge is -2.29. The highest BCUT2D eigenvalue weighted by atomic mass is 16.3. The van der Waals surface area contributed by atoms with Crippen molar-refractivity contribution in [3.8, 4) is 5.75 Å². The van der Waals surface area contributed by atoms with Crippen LogP contribution in [0.5, 0.6) is 5.75 Å². The third-order valence-electron chi connectivity index (χ3n) is 5.58. The van der Waals surface area contributed by atoms with Gasteiger partial charge in [0.15, 0.2) is 0 Å². The molecular formula is C26H36N4O4. The molecule has 0 aliphatic carbocycles. The van der Waals surface area contributed by atoms with Crippen molar-refractivity contribution in [1.29, 1.82) is 0 Å². The summed E-state index contributed by atoms with van der Waals surface area (Å²) in [6, 6.07) is 11.2. The Hall–Kier alpha value is -3.39. The first-order valence-corrected chi connectivity index (χ1v) is 11.3. The summed E-state index contributed by atoms with van der Waals surface area (Å²) in [4.78, 5) is 37.2. The molecule has 0 saturated carbocycles. The Morgan fingerprint density at radius 3 is 2.15 bits per heavy atom. The van der Waals surface area contributed by atoms with Crippen LogP contribution < -0.4 is 21.7 Å². The van der Waals surface area contributed by atoms with Crippen LogP contribution in [-0.2, 0) is 27.2 Å². The van der Waals surface area contributed by atoms with Gasteiger partial charge in [-0.05, 0) is 68.5 Å². The van der Waals surface area contributed by atoms with Crippen molar-refractivity contribution in [2.45, 2.75) is 65.1 Å². The van der Waals surface area contributed by atoms with Crippen molar-refractivity contribution < 1.29 is 19.5 Å². The molecule has 6 N–H and O–H groups in total. The summed E-state index contributed by atoms with van der Waals surface area (Å²) in [6.07, 6.45) is 0.684. The Labute approximate surface area is 201 Å². The van der Waals surface area contributed by atoms with Gasteiger partial charge in [0, 0.05) is 19.9 Å². The molecule has 2 aromatic carbocycles. The summed E-state index contributed by atoms with van der Waals surface area (Å²) < 4.78 is 0. The second-order valence-corrected chi connectivity index (χ2v) is 9.40. The Kier molecular flexibility index (Phi) is 9.20. The summed E-state index contributed by atoms with van der Waals surface area (Å²) in [6.45, 7) is 8.85. The van der Waals surface area contributed by atoms with E-state index in [0.29, 0.717) is 12.8 Å². The lowest BCUT2D eigenvalue weighted by atomic mass is 9.95. The molecule has 34 heavy (non-hydrogen) atoms. The number of aryl methyl sites for hydroxylation is 2. The Morgan fingerprint density at radius 2 is 1.59 bits per heavy atom. The summed E-state index contributed by atoms with van der Waals surface area (Å²) >= 11 is 0. The lowest BCUT2D eigenvalue weighted by molar-refractivity contribution is -0.128. The average Bonchev–Trinajstić information content (AvgIpc) is 2.74. The third kappa shape index (κ3) is 8.19. The van der Waals surface area contributed by atoms with Crippen LogP contribution in [-0.4, -0.2) is 47.0 Å². The zero-order chi connectivity index (χ0) is 25.5. The number of hydrogen-bond donors (Lipinski definition) is 5. The van der Waals surface area contributed by atoms with Crippen LogP contribution in [0.1, 0.15) is 43.0 Å². The third-order valence-corrected chi connectivity index (χ3v) is 5.58. The number of carbonyl (C=O) groups is 3. The van der Waals surface area contributed by atoms with Crippen LogP contribution in [0.4, 0.5) is 0 Å². The van der Waals surface area contributed by atoms with Gasteiger partial charge in [-0.2, -0.15) is 0 Å². The number of aromatic hydroxyl groups is 1. The zero-order valence-electron chi connectivity index (χ0n) is 20.6. The van der Waals surface area contributed by atoms with E-state index in [4.69, 9.17) is 5.73 Å². The highest BCUT2D eigenvalue weighted by molar-refractivity contribution is 5.87.